The molecule has 1 amide bonds. The van der Waals surface area contributed by atoms with Gasteiger partial charge in [0.2, 0.25) is 6.79 Å². The number of ether oxygens (including phenoxy) is 3. The average molecular weight is 524 g/mol. The normalized spacial score (nSPS) is 16.0. The monoisotopic (exact) mass is 523 g/mol. The lowest BCUT2D eigenvalue weighted by molar-refractivity contribution is -0.115. The minimum atomic E-state index is -0.395. The van der Waals surface area contributed by atoms with Crippen LogP contribution in [0.3, 0.4) is 0 Å². The molecule has 1 aromatic heterocycles. The second kappa shape index (κ2) is 10.7. The number of fused-ring (bicyclic) bond motifs is 4. The maximum absolute atomic E-state index is 13.7. The van der Waals surface area contributed by atoms with Crippen LogP contribution in [0, 0.1) is 0 Å². The third-order valence-electron chi connectivity index (χ3n) is 7.18. The van der Waals surface area contributed by atoms with Crippen LogP contribution in [0.25, 0.3) is 17.0 Å². The van der Waals surface area contributed by atoms with E-state index in [9.17, 15) is 9.59 Å². The molecule has 2 aliphatic heterocycles. The number of rotatable bonds is 8. The third kappa shape index (κ3) is 4.86. The van der Waals surface area contributed by atoms with Gasteiger partial charge in [-0.25, -0.2) is 0 Å². The van der Waals surface area contributed by atoms with Crippen LogP contribution in [0.2, 0.25) is 0 Å². The fourth-order valence-electron chi connectivity index (χ4n) is 5.23. The molecule has 1 unspecified atom stereocenters. The van der Waals surface area contributed by atoms with E-state index in [0.717, 1.165) is 29.0 Å². The fourth-order valence-corrected chi connectivity index (χ4v) is 5.23. The van der Waals surface area contributed by atoms with Gasteiger partial charge in [0.05, 0.1) is 12.6 Å². The quantitative estimate of drug-likeness (QED) is 0.249. The van der Waals surface area contributed by atoms with Crippen molar-refractivity contribution in [3.8, 4) is 11.5 Å². The number of carbonyl (C=O) groups excluding carboxylic acids is 2. The third-order valence-corrected chi connectivity index (χ3v) is 7.18. The van der Waals surface area contributed by atoms with E-state index >= 15 is 0 Å². The highest BCUT2D eigenvalue weighted by Gasteiger charge is 2.34. The number of benzene rings is 3. The van der Waals surface area contributed by atoms with Gasteiger partial charge in [0.15, 0.2) is 17.3 Å². The van der Waals surface area contributed by atoms with E-state index < -0.39 is 6.04 Å². The molecule has 3 aromatic carbocycles. The number of nitrogens with one attached hydrogen (secondary N) is 2. The molecule has 4 aromatic rings. The van der Waals surface area contributed by atoms with Gasteiger partial charge >= 0.3 is 0 Å². The van der Waals surface area contributed by atoms with E-state index in [-0.39, 0.29) is 18.5 Å². The fraction of sp³-hybridized carbons (Fsp3) is 0.226. The lowest BCUT2D eigenvalue weighted by Gasteiger charge is -2.36. The van der Waals surface area contributed by atoms with Gasteiger partial charge in [-0.2, -0.15) is 0 Å². The molecule has 0 aliphatic carbocycles. The van der Waals surface area contributed by atoms with Crippen molar-refractivity contribution in [2.75, 3.05) is 32.0 Å². The minimum absolute atomic E-state index is 0.00152. The number of nitrogens with zero attached hydrogens (tertiary/aromatic N) is 1. The number of aromatic amines is 1. The smallest absolute Gasteiger partial charge is 0.251 e. The first-order valence-electron chi connectivity index (χ1n) is 13.0. The molecule has 0 saturated heterocycles. The van der Waals surface area contributed by atoms with Crippen LogP contribution in [-0.4, -0.2) is 49.8 Å². The molecule has 198 valence electrons. The van der Waals surface area contributed by atoms with Crippen LogP contribution in [0.4, 0.5) is 11.5 Å². The van der Waals surface area contributed by atoms with Crippen LogP contribution in [0.15, 0.2) is 72.8 Å². The predicted molar refractivity (Wildman–Crippen MR) is 150 cm³/mol. The Balaban J connectivity index is 1.27. The second-order valence-electron chi connectivity index (χ2n) is 9.57. The standard InChI is InChI=1S/C31H29N3O5/c1-37-17-16-32-31(36)21-9-6-20(7-10-21)8-14-27(35)26-13-12-24-23-4-2-3-5-25(23)33-30(24)34(26)22-11-15-28-29(18-22)39-19-38-28/h2-11,14-15,18,26,33H,12-13,16-17,19H2,1H3,(H,32,36)/b14-8+. The first kappa shape index (κ1) is 24.8. The van der Waals surface area contributed by atoms with Crippen molar-refractivity contribution in [1.29, 1.82) is 0 Å². The molecule has 1 atom stereocenters. The number of hydrogen-bond donors (Lipinski definition) is 2. The van der Waals surface area contributed by atoms with Crippen LogP contribution >= 0.6 is 0 Å². The predicted octanol–water partition coefficient (Wildman–Crippen LogP) is 5.01. The Kier molecular flexibility index (Phi) is 6.77. The molecule has 8 nitrogen and oxygen atoms in total. The SMILES string of the molecule is COCCNC(=O)c1ccc(/C=C/C(=O)C2CCc3c([nH]c4ccccc34)N2c2ccc3c(c2)OCO3)cc1. The lowest BCUT2D eigenvalue weighted by atomic mass is 9.93. The number of H-pyrrole nitrogens is 1. The number of carbonyl (C=O) groups is 2. The number of hydrogen-bond acceptors (Lipinski definition) is 6. The number of amides is 1. The molecule has 0 radical (unpaired) electrons. The summed E-state index contributed by atoms with van der Waals surface area (Å²) in [6, 6.07) is 20.8. The topological polar surface area (TPSA) is 92.9 Å². The van der Waals surface area contributed by atoms with Crippen molar-refractivity contribution in [2.45, 2.75) is 18.9 Å². The summed E-state index contributed by atoms with van der Waals surface area (Å²) in [6.45, 7) is 1.10. The molecule has 0 saturated carbocycles. The summed E-state index contributed by atoms with van der Waals surface area (Å²) < 4.78 is 16.1. The molecule has 0 fully saturated rings. The zero-order valence-corrected chi connectivity index (χ0v) is 21.6. The number of aryl methyl sites for hydroxylation is 1. The van der Waals surface area contributed by atoms with Gasteiger partial charge < -0.3 is 29.4 Å². The van der Waals surface area contributed by atoms with Crippen LogP contribution in [0.5, 0.6) is 11.5 Å². The lowest BCUT2D eigenvalue weighted by Crippen LogP contribution is -2.41. The highest BCUT2D eigenvalue weighted by Crippen LogP contribution is 2.43. The number of para-hydroxylation sites is 1. The van der Waals surface area contributed by atoms with Crippen LogP contribution < -0.4 is 19.7 Å². The summed E-state index contributed by atoms with van der Waals surface area (Å²) in [7, 11) is 1.59. The molecule has 6 rings (SSSR count). The molecular formula is C31H29N3O5. The van der Waals surface area contributed by atoms with E-state index in [1.807, 2.05) is 42.5 Å². The molecule has 39 heavy (non-hydrogen) atoms. The van der Waals surface area contributed by atoms with Gasteiger partial charge in [0, 0.05) is 47.4 Å². The van der Waals surface area contributed by atoms with Crippen molar-refractivity contribution in [3.63, 3.8) is 0 Å². The largest absolute Gasteiger partial charge is 0.454 e. The summed E-state index contributed by atoms with van der Waals surface area (Å²) in [4.78, 5) is 31.5. The van der Waals surface area contributed by atoms with E-state index in [1.54, 1.807) is 31.4 Å². The number of methoxy groups -OCH3 is 1. The summed E-state index contributed by atoms with van der Waals surface area (Å²) in [6.07, 6.45) is 4.89. The van der Waals surface area contributed by atoms with E-state index in [2.05, 4.69) is 27.3 Å². The Morgan fingerprint density at radius 3 is 2.74 bits per heavy atom. The average Bonchev–Trinajstić information content (AvgIpc) is 3.60. The van der Waals surface area contributed by atoms with Crippen LogP contribution in [0.1, 0.15) is 27.9 Å². The van der Waals surface area contributed by atoms with Crippen molar-refractivity contribution in [3.05, 3.63) is 89.5 Å². The zero-order valence-electron chi connectivity index (χ0n) is 21.6. The second-order valence-corrected chi connectivity index (χ2v) is 9.57. The van der Waals surface area contributed by atoms with Gasteiger partial charge in [-0.3, -0.25) is 9.59 Å². The van der Waals surface area contributed by atoms with Crippen molar-refractivity contribution in [2.24, 2.45) is 0 Å². The van der Waals surface area contributed by atoms with E-state index in [4.69, 9.17) is 14.2 Å². The molecule has 3 heterocycles. The molecule has 2 aliphatic rings. The number of anilines is 2. The minimum Gasteiger partial charge on any atom is -0.454 e. The molecule has 8 heteroatoms. The highest BCUT2D eigenvalue weighted by atomic mass is 16.7. The van der Waals surface area contributed by atoms with E-state index in [0.29, 0.717) is 36.6 Å². The van der Waals surface area contributed by atoms with E-state index in [1.165, 1.54) is 10.9 Å². The van der Waals surface area contributed by atoms with Crippen molar-refractivity contribution < 1.29 is 23.8 Å². The Labute approximate surface area is 226 Å². The Hall–Kier alpha value is -4.56. The Morgan fingerprint density at radius 1 is 1.08 bits per heavy atom. The summed E-state index contributed by atoms with van der Waals surface area (Å²) in [5, 5.41) is 3.98. The molecule has 0 spiro atoms. The summed E-state index contributed by atoms with van der Waals surface area (Å²) >= 11 is 0. The zero-order chi connectivity index (χ0) is 26.8. The maximum Gasteiger partial charge on any atom is 0.251 e. The Morgan fingerprint density at radius 2 is 1.90 bits per heavy atom. The van der Waals surface area contributed by atoms with Crippen LogP contribution in [-0.2, 0) is 16.0 Å². The van der Waals surface area contributed by atoms with Gasteiger partial charge in [0.25, 0.3) is 5.91 Å². The number of aromatic nitrogens is 1. The summed E-state index contributed by atoms with van der Waals surface area (Å²) in [5.74, 6) is 2.14. The summed E-state index contributed by atoms with van der Waals surface area (Å²) in [5.41, 5.74) is 4.51. The van der Waals surface area contributed by atoms with Gasteiger partial charge in [0.1, 0.15) is 5.82 Å². The molecule has 0 bridgehead atoms. The first-order chi connectivity index (χ1) is 19.1. The maximum atomic E-state index is 13.7. The van der Waals surface area contributed by atoms with Crippen molar-refractivity contribution >= 4 is 40.2 Å². The molecule has 2 N–H and O–H groups in total. The highest BCUT2D eigenvalue weighted by molar-refractivity contribution is 6.03. The Bertz CT molecular complexity index is 1560. The van der Waals surface area contributed by atoms with Crippen molar-refractivity contribution in [1.82, 2.24) is 10.3 Å². The molecular weight excluding hydrogens is 494 g/mol. The first-order valence-corrected chi connectivity index (χ1v) is 13.0. The van der Waals surface area contributed by atoms with Gasteiger partial charge in [-0.1, -0.05) is 36.4 Å². The number of ketones is 1. The van der Waals surface area contributed by atoms with Gasteiger partial charge in [-0.15, -0.1) is 0 Å². The van der Waals surface area contributed by atoms with Gasteiger partial charge in [-0.05, 0) is 54.8 Å².